The van der Waals surface area contributed by atoms with Crippen molar-refractivity contribution in [2.75, 3.05) is 5.32 Å². The maximum Gasteiger partial charge on any atom is 0.291 e. The molecule has 0 aliphatic carbocycles. The molecule has 0 saturated heterocycles. The van der Waals surface area contributed by atoms with Crippen LogP contribution in [0, 0.1) is 11.3 Å². The Morgan fingerprint density at radius 2 is 2.00 bits per heavy atom. The largest absolute Gasteiger partial charge is 0.451 e. The van der Waals surface area contributed by atoms with Gasteiger partial charge in [0.1, 0.15) is 11.7 Å². The Bertz CT molecular complexity index is 844. The highest BCUT2D eigenvalue weighted by atomic mass is 35.5. The fourth-order valence-electron chi connectivity index (χ4n) is 1.97. The minimum absolute atomic E-state index is 0.219. The summed E-state index contributed by atoms with van der Waals surface area (Å²) in [4.78, 5) is 12.1. The third kappa shape index (κ3) is 2.60. The fourth-order valence-corrected chi connectivity index (χ4v) is 2.19. The highest BCUT2D eigenvalue weighted by Crippen LogP contribution is 2.22. The van der Waals surface area contributed by atoms with E-state index in [-0.39, 0.29) is 11.7 Å². The molecule has 2 aromatic carbocycles. The van der Waals surface area contributed by atoms with Gasteiger partial charge in [0.05, 0.1) is 10.6 Å². The van der Waals surface area contributed by atoms with E-state index in [0.29, 0.717) is 21.9 Å². The predicted octanol–water partition coefficient (Wildman–Crippen LogP) is 4.21. The van der Waals surface area contributed by atoms with Gasteiger partial charge in [-0.25, -0.2) is 0 Å². The van der Waals surface area contributed by atoms with Gasteiger partial charge in [-0.3, -0.25) is 4.79 Å². The molecule has 1 heterocycles. The number of nitrogens with one attached hydrogen (secondary N) is 1. The van der Waals surface area contributed by atoms with Crippen LogP contribution in [0.3, 0.4) is 0 Å². The van der Waals surface area contributed by atoms with Crippen molar-refractivity contribution in [2.24, 2.45) is 0 Å². The van der Waals surface area contributed by atoms with Crippen LogP contribution < -0.4 is 5.32 Å². The number of carbonyl (C=O) groups is 1. The van der Waals surface area contributed by atoms with Crippen molar-refractivity contribution >= 4 is 34.2 Å². The Labute approximate surface area is 125 Å². The standard InChI is InChI=1S/C16H9ClN2O2/c17-13-8-12(6-5-11(13)9-18)19-16(20)15-7-10-3-1-2-4-14(10)21-15/h1-8H,(H,19,20). The number of rotatable bonds is 2. The van der Waals surface area contributed by atoms with Crippen molar-refractivity contribution in [3.63, 3.8) is 0 Å². The van der Waals surface area contributed by atoms with Crippen LogP contribution in [-0.2, 0) is 0 Å². The van der Waals surface area contributed by atoms with E-state index in [1.165, 1.54) is 6.07 Å². The summed E-state index contributed by atoms with van der Waals surface area (Å²) in [5.74, 6) is -0.149. The highest BCUT2D eigenvalue weighted by molar-refractivity contribution is 6.32. The molecule has 21 heavy (non-hydrogen) atoms. The van der Waals surface area contributed by atoms with Crippen LogP contribution in [0.2, 0.25) is 5.02 Å². The molecule has 0 unspecified atom stereocenters. The lowest BCUT2D eigenvalue weighted by molar-refractivity contribution is 0.0998. The Hall–Kier alpha value is -2.77. The van der Waals surface area contributed by atoms with Crippen molar-refractivity contribution in [3.05, 3.63) is 64.9 Å². The molecule has 0 radical (unpaired) electrons. The lowest BCUT2D eigenvalue weighted by atomic mass is 10.2. The molecule has 3 aromatic rings. The number of anilines is 1. The molecule has 0 bridgehead atoms. The Morgan fingerprint density at radius 3 is 2.71 bits per heavy atom. The summed E-state index contributed by atoms with van der Waals surface area (Å²) in [5, 5.41) is 12.7. The average Bonchev–Trinajstić information content (AvgIpc) is 2.91. The Balaban J connectivity index is 1.86. The molecule has 3 rings (SSSR count). The second-order valence-corrected chi connectivity index (χ2v) is 4.82. The van der Waals surface area contributed by atoms with E-state index in [4.69, 9.17) is 21.3 Å². The number of nitriles is 1. The van der Waals surface area contributed by atoms with Gasteiger partial charge in [-0.1, -0.05) is 29.8 Å². The first kappa shape index (κ1) is 13.2. The number of furan rings is 1. The minimum atomic E-state index is -0.369. The van der Waals surface area contributed by atoms with Gasteiger partial charge in [0, 0.05) is 11.1 Å². The van der Waals surface area contributed by atoms with Gasteiger partial charge in [0.15, 0.2) is 5.76 Å². The first-order valence-electron chi connectivity index (χ1n) is 6.17. The van der Waals surface area contributed by atoms with Crippen LogP contribution in [0.15, 0.2) is 52.9 Å². The Kier molecular flexibility index (Phi) is 3.35. The first-order valence-corrected chi connectivity index (χ1v) is 6.55. The van der Waals surface area contributed by atoms with E-state index in [0.717, 1.165) is 5.39 Å². The van der Waals surface area contributed by atoms with E-state index in [1.807, 2.05) is 24.3 Å². The molecule has 0 atom stereocenters. The number of benzene rings is 2. The molecule has 1 aromatic heterocycles. The number of hydrogen-bond donors (Lipinski definition) is 1. The van der Waals surface area contributed by atoms with E-state index in [1.54, 1.807) is 24.3 Å². The molecule has 0 saturated carbocycles. The van der Waals surface area contributed by atoms with Crippen LogP contribution >= 0.6 is 11.6 Å². The molecule has 0 aliphatic heterocycles. The lowest BCUT2D eigenvalue weighted by Gasteiger charge is -2.04. The van der Waals surface area contributed by atoms with E-state index in [9.17, 15) is 4.79 Å². The van der Waals surface area contributed by atoms with Crippen molar-refractivity contribution in [2.45, 2.75) is 0 Å². The van der Waals surface area contributed by atoms with Gasteiger partial charge in [-0.05, 0) is 30.3 Å². The first-order chi connectivity index (χ1) is 10.2. The number of para-hydroxylation sites is 1. The van der Waals surface area contributed by atoms with Crippen LogP contribution in [0.4, 0.5) is 5.69 Å². The number of nitrogens with zero attached hydrogens (tertiary/aromatic N) is 1. The summed E-state index contributed by atoms with van der Waals surface area (Å²) in [7, 11) is 0. The van der Waals surface area contributed by atoms with Crippen molar-refractivity contribution in [1.82, 2.24) is 0 Å². The molecule has 1 N–H and O–H groups in total. The van der Waals surface area contributed by atoms with Crippen LogP contribution in [0.25, 0.3) is 11.0 Å². The normalized spacial score (nSPS) is 10.3. The van der Waals surface area contributed by atoms with E-state index < -0.39 is 0 Å². The zero-order valence-electron chi connectivity index (χ0n) is 10.8. The average molecular weight is 297 g/mol. The van der Waals surface area contributed by atoms with Crippen molar-refractivity contribution < 1.29 is 9.21 Å². The van der Waals surface area contributed by atoms with Crippen LogP contribution in [-0.4, -0.2) is 5.91 Å². The fraction of sp³-hybridized carbons (Fsp3) is 0. The number of fused-ring (bicyclic) bond motifs is 1. The highest BCUT2D eigenvalue weighted by Gasteiger charge is 2.12. The number of hydrogen-bond acceptors (Lipinski definition) is 3. The molecular weight excluding hydrogens is 288 g/mol. The second kappa shape index (κ2) is 5.31. The molecule has 1 amide bonds. The van der Waals surface area contributed by atoms with Gasteiger partial charge >= 0.3 is 0 Å². The minimum Gasteiger partial charge on any atom is -0.451 e. The molecule has 4 nitrogen and oxygen atoms in total. The third-order valence-electron chi connectivity index (χ3n) is 3.00. The maximum atomic E-state index is 12.1. The van der Waals surface area contributed by atoms with E-state index >= 15 is 0 Å². The summed E-state index contributed by atoms with van der Waals surface area (Å²) in [6.45, 7) is 0. The quantitative estimate of drug-likeness (QED) is 0.770. The summed E-state index contributed by atoms with van der Waals surface area (Å²) in [6, 6.07) is 15.7. The zero-order chi connectivity index (χ0) is 14.8. The number of halogens is 1. The number of amides is 1. The monoisotopic (exact) mass is 296 g/mol. The third-order valence-corrected chi connectivity index (χ3v) is 3.31. The smallest absolute Gasteiger partial charge is 0.291 e. The van der Waals surface area contributed by atoms with Gasteiger partial charge in [-0.2, -0.15) is 5.26 Å². The van der Waals surface area contributed by atoms with Crippen molar-refractivity contribution in [1.29, 1.82) is 5.26 Å². The molecule has 0 fully saturated rings. The van der Waals surface area contributed by atoms with Gasteiger partial charge in [0.25, 0.3) is 5.91 Å². The van der Waals surface area contributed by atoms with Crippen molar-refractivity contribution in [3.8, 4) is 6.07 Å². The van der Waals surface area contributed by atoms with Crippen LogP contribution in [0.1, 0.15) is 16.1 Å². The topological polar surface area (TPSA) is 66.0 Å². The maximum absolute atomic E-state index is 12.1. The molecular formula is C16H9ClN2O2. The zero-order valence-corrected chi connectivity index (χ0v) is 11.5. The molecule has 102 valence electrons. The van der Waals surface area contributed by atoms with Crippen LogP contribution in [0.5, 0.6) is 0 Å². The summed E-state index contributed by atoms with van der Waals surface area (Å²) in [6.07, 6.45) is 0. The van der Waals surface area contributed by atoms with Gasteiger partial charge in [0.2, 0.25) is 0 Å². The molecule has 0 aliphatic rings. The molecule has 5 heteroatoms. The lowest BCUT2D eigenvalue weighted by Crippen LogP contribution is -2.10. The predicted molar refractivity (Wildman–Crippen MR) is 80.3 cm³/mol. The SMILES string of the molecule is N#Cc1ccc(NC(=O)c2cc3ccccc3o2)cc1Cl. The van der Waals surface area contributed by atoms with Gasteiger partial charge in [-0.15, -0.1) is 0 Å². The molecule has 0 spiro atoms. The van der Waals surface area contributed by atoms with Gasteiger partial charge < -0.3 is 9.73 Å². The van der Waals surface area contributed by atoms with E-state index in [2.05, 4.69) is 5.32 Å². The number of carbonyl (C=O) groups excluding carboxylic acids is 1. The second-order valence-electron chi connectivity index (χ2n) is 4.41. The summed E-state index contributed by atoms with van der Waals surface area (Å²) < 4.78 is 5.48. The summed E-state index contributed by atoms with van der Waals surface area (Å²) in [5.41, 5.74) is 1.52. The Morgan fingerprint density at radius 1 is 1.19 bits per heavy atom. The summed E-state index contributed by atoms with van der Waals surface area (Å²) >= 11 is 5.93.